The molecule has 2 aliphatic rings. The van der Waals surface area contributed by atoms with E-state index in [-0.39, 0.29) is 51.7 Å². The van der Waals surface area contributed by atoms with Crippen LogP contribution in [-0.2, 0) is 64.3 Å². The normalized spacial score (nSPS) is 22.2. The number of hydrogen-bond acceptors (Lipinski definition) is 12. The second-order valence-electron chi connectivity index (χ2n) is 19.2. The Labute approximate surface area is 429 Å². The molecule has 6 rings (SSSR count). The third kappa shape index (κ3) is 16.6. The summed E-state index contributed by atoms with van der Waals surface area (Å²) in [7, 11) is 0. The first-order valence-electron chi connectivity index (χ1n) is 24.7. The van der Waals surface area contributed by atoms with E-state index >= 15 is 0 Å². The minimum atomic E-state index is -1.84. The van der Waals surface area contributed by atoms with Crippen molar-refractivity contribution in [1.82, 2.24) is 31.9 Å². The van der Waals surface area contributed by atoms with Gasteiger partial charge in [0.1, 0.15) is 49.6 Å². The lowest BCUT2D eigenvalue weighted by molar-refractivity contribution is -0.133. The number of ether oxygens (including phenoxy) is 2. The lowest BCUT2D eigenvalue weighted by Crippen LogP contribution is -2.62. The fourth-order valence-corrected chi connectivity index (χ4v) is 8.52. The number of aliphatic hydroxyl groups is 2. The molecule has 2 aliphatic heterocycles. The molecule has 4 aromatic carbocycles. The number of rotatable bonds is 11. The first-order chi connectivity index (χ1) is 35.4. The van der Waals surface area contributed by atoms with E-state index in [9.17, 15) is 48.6 Å². The zero-order valence-corrected chi connectivity index (χ0v) is 41.8. The molecular weight excluding hydrogens is 953 g/mol. The summed E-state index contributed by atoms with van der Waals surface area (Å²) in [5.74, 6) is -5.17. The standard InChI is InChI=1S/C54H66N8O12/c1-31(2)45-51(69)57-41(27-35-17-11-19-37(25-35)55-43(63)23-21-39(49(67)61-45)59-53(71)73-29-33-13-7-5-8-14-33)47(65)48(66)42-28-36-18-12-20-38(26-36)56-44(64)24-22-40(50(68)62-46(32(3)4)52(70)58-42)60-54(72)74-30-34-15-9-6-10-16-34/h5-20,25-26,31-32,39-42,45-48,65-66H,21-24,27-30H2,1-4H3,(H,55,63)(H,56,64)(H,57,69)(H,58,70)(H,59,71)(H,60,72)(H,61,67)(H,62,68)/t39-,40-,41-,42-,45-,46-,47+,48+/m0/s1. The molecular formula is C54H66N8O12. The summed E-state index contributed by atoms with van der Waals surface area (Å²) in [5, 5.41) is 46.4. The van der Waals surface area contributed by atoms with Crippen molar-refractivity contribution in [2.24, 2.45) is 11.8 Å². The fraction of sp³-hybridized carbons (Fsp3) is 0.407. The monoisotopic (exact) mass is 1020 g/mol. The van der Waals surface area contributed by atoms with Gasteiger partial charge in [0.2, 0.25) is 35.4 Å². The molecule has 2 heterocycles. The van der Waals surface area contributed by atoms with E-state index in [1.807, 2.05) is 12.1 Å². The number of carbonyl (C=O) groups excluding carboxylic acids is 8. The van der Waals surface area contributed by atoms with Gasteiger partial charge in [-0.3, -0.25) is 28.8 Å². The van der Waals surface area contributed by atoms with Crippen LogP contribution in [0.25, 0.3) is 0 Å². The van der Waals surface area contributed by atoms with Gasteiger partial charge in [-0.25, -0.2) is 9.59 Å². The number of alkyl carbamates (subject to hydrolysis) is 2. The van der Waals surface area contributed by atoms with Crippen LogP contribution in [0.3, 0.4) is 0 Å². The fourth-order valence-electron chi connectivity index (χ4n) is 8.52. The van der Waals surface area contributed by atoms with Gasteiger partial charge in [-0.2, -0.15) is 0 Å². The molecule has 0 unspecified atom stereocenters. The number of aliphatic hydroxyl groups excluding tert-OH is 2. The molecule has 394 valence electrons. The van der Waals surface area contributed by atoms with Gasteiger partial charge in [0, 0.05) is 24.2 Å². The van der Waals surface area contributed by atoms with Crippen LogP contribution < -0.4 is 42.5 Å². The van der Waals surface area contributed by atoms with E-state index in [1.54, 1.807) is 125 Å². The van der Waals surface area contributed by atoms with Crippen molar-refractivity contribution in [3.63, 3.8) is 0 Å². The van der Waals surface area contributed by atoms with Gasteiger partial charge in [0.25, 0.3) is 0 Å². The summed E-state index contributed by atoms with van der Waals surface area (Å²) in [6, 6.07) is 23.1. The molecule has 4 bridgehead atoms. The summed E-state index contributed by atoms with van der Waals surface area (Å²) in [6.45, 7) is 6.51. The van der Waals surface area contributed by atoms with Gasteiger partial charge in [-0.1, -0.05) is 113 Å². The molecule has 0 aromatic heterocycles. The molecule has 4 aromatic rings. The third-order valence-electron chi connectivity index (χ3n) is 12.6. The topological polar surface area (TPSA) is 292 Å². The molecule has 8 amide bonds. The second kappa shape index (κ2) is 26.7. The molecule has 0 saturated heterocycles. The lowest BCUT2D eigenvalue weighted by atomic mass is 9.90. The van der Waals surface area contributed by atoms with E-state index in [0.717, 1.165) is 0 Å². The van der Waals surface area contributed by atoms with Gasteiger partial charge in [-0.05, 0) is 84.0 Å². The van der Waals surface area contributed by atoms with Crippen LogP contribution in [0.15, 0.2) is 109 Å². The second-order valence-corrected chi connectivity index (χ2v) is 19.2. The van der Waals surface area contributed by atoms with E-state index in [4.69, 9.17) is 9.47 Å². The van der Waals surface area contributed by atoms with Gasteiger partial charge in [0.05, 0.1) is 12.1 Å². The van der Waals surface area contributed by atoms with Crippen LogP contribution in [0.1, 0.15) is 75.6 Å². The summed E-state index contributed by atoms with van der Waals surface area (Å²) in [6.07, 6.45) is -6.55. The predicted octanol–water partition coefficient (Wildman–Crippen LogP) is 3.50. The summed E-state index contributed by atoms with van der Waals surface area (Å²) in [4.78, 5) is 110. The largest absolute Gasteiger partial charge is 0.445 e. The van der Waals surface area contributed by atoms with Crippen molar-refractivity contribution >= 4 is 59.0 Å². The highest BCUT2D eigenvalue weighted by molar-refractivity contribution is 5.95. The van der Waals surface area contributed by atoms with Crippen LogP contribution in [0.2, 0.25) is 0 Å². The smallest absolute Gasteiger partial charge is 0.408 e. The van der Waals surface area contributed by atoms with Crippen molar-refractivity contribution in [3.8, 4) is 0 Å². The number of anilines is 2. The molecule has 20 heteroatoms. The van der Waals surface area contributed by atoms with Crippen molar-refractivity contribution in [2.75, 3.05) is 10.6 Å². The first-order valence-corrected chi connectivity index (χ1v) is 24.7. The minimum absolute atomic E-state index is 0.0951. The number of benzene rings is 4. The van der Waals surface area contributed by atoms with E-state index in [0.29, 0.717) is 33.6 Å². The Bertz CT molecular complexity index is 2420. The maximum atomic E-state index is 14.4. The number of fused-ring (bicyclic) bond motifs is 4. The van der Waals surface area contributed by atoms with Crippen molar-refractivity contribution in [1.29, 1.82) is 0 Å². The molecule has 0 aliphatic carbocycles. The number of nitrogens with one attached hydrogen (secondary N) is 8. The third-order valence-corrected chi connectivity index (χ3v) is 12.6. The molecule has 8 atom stereocenters. The maximum absolute atomic E-state index is 14.4. The van der Waals surface area contributed by atoms with E-state index < -0.39 is 108 Å². The van der Waals surface area contributed by atoms with Gasteiger partial charge in [0.15, 0.2) is 0 Å². The van der Waals surface area contributed by atoms with Gasteiger partial charge in [-0.15, -0.1) is 0 Å². The minimum Gasteiger partial charge on any atom is -0.445 e. The summed E-state index contributed by atoms with van der Waals surface area (Å²) >= 11 is 0. The molecule has 0 saturated carbocycles. The van der Waals surface area contributed by atoms with Crippen LogP contribution in [0.4, 0.5) is 21.0 Å². The molecule has 20 nitrogen and oxygen atoms in total. The Kier molecular flexibility index (Phi) is 20.0. The average molecular weight is 1020 g/mol. The van der Waals surface area contributed by atoms with Crippen LogP contribution in [0.5, 0.6) is 0 Å². The van der Waals surface area contributed by atoms with E-state index in [2.05, 4.69) is 42.5 Å². The maximum Gasteiger partial charge on any atom is 0.408 e. The zero-order chi connectivity index (χ0) is 53.3. The Morgan fingerprint density at radius 3 is 1.27 bits per heavy atom. The molecule has 74 heavy (non-hydrogen) atoms. The number of hydrogen-bond donors (Lipinski definition) is 10. The Hall–Kier alpha value is -7.84. The molecule has 0 fully saturated rings. The SMILES string of the molecule is CC(C)[C@@H]1NC(=O)[C@@H](NC(=O)OCc2ccccc2)CCC(=O)Nc2cccc(c2)C[C@@H]([C@@H](O)[C@H](O)[C@@H]2Cc3cccc(c3)NC(=O)CC[C@H](NC(=O)OCc3ccccc3)C(=O)N[C@@H](C(C)C)C(=O)N2)NC1=O. The Balaban J connectivity index is 1.27. The Morgan fingerprint density at radius 2 is 0.905 bits per heavy atom. The molecule has 0 radical (unpaired) electrons. The van der Waals surface area contributed by atoms with E-state index in [1.165, 1.54) is 0 Å². The van der Waals surface area contributed by atoms with Gasteiger partial charge >= 0.3 is 12.2 Å². The zero-order valence-electron chi connectivity index (χ0n) is 41.8. The Morgan fingerprint density at radius 1 is 0.527 bits per heavy atom. The lowest BCUT2D eigenvalue weighted by Gasteiger charge is -2.35. The highest BCUT2D eigenvalue weighted by Crippen LogP contribution is 2.22. The highest BCUT2D eigenvalue weighted by atomic mass is 16.6. The number of carbonyl (C=O) groups is 8. The molecule has 0 spiro atoms. The van der Waals surface area contributed by atoms with Crippen molar-refractivity contribution < 1.29 is 58.0 Å². The van der Waals surface area contributed by atoms with Crippen LogP contribution in [0, 0.1) is 11.8 Å². The average Bonchev–Trinajstić information content (AvgIpc) is 3.37. The van der Waals surface area contributed by atoms with Crippen LogP contribution in [-0.4, -0.2) is 106 Å². The summed E-state index contributed by atoms with van der Waals surface area (Å²) in [5.41, 5.74) is 3.13. The summed E-state index contributed by atoms with van der Waals surface area (Å²) < 4.78 is 10.7. The van der Waals surface area contributed by atoms with Crippen molar-refractivity contribution in [3.05, 3.63) is 131 Å². The van der Waals surface area contributed by atoms with Crippen molar-refractivity contribution in [2.45, 2.75) is 128 Å². The van der Waals surface area contributed by atoms with Crippen LogP contribution >= 0.6 is 0 Å². The quantitative estimate of drug-likeness (QED) is 0.103. The highest BCUT2D eigenvalue weighted by Gasteiger charge is 2.39. The predicted molar refractivity (Wildman–Crippen MR) is 273 cm³/mol. The molecule has 10 N–H and O–H groups in total. The van der Waals surface area contributed by atoms with Gasteiger partial charge < -0.3 is 62.2 Å². The first kappa shape index (κ1) is 55.5. The number of amides is 8.